The Hall–Kier alpha value is -2.21. The first-order chi connectivity index (χ1) is 9.70. The second-order valence-corrected chi connectivity index (χ2v) is 4.28. The van der Waals surface area contributed by atoms with Crippen LogP contribution in [0.3, 0.4) is 0 Å². The van der Waals surface area contributed by atoms with E-state index in [-0.39, 0.29) is 11.7 Å². The average molecular weight is 276 g/mol. The van der Waals surface area contributed by atoms with Gasteiger partial charge in [-0.25, -0.2) is 4.39 Å². The van der Waals surface area contributed by atoms with E-state index >= 15 is 0 Å². The van der Waals surface area contributed by atoms with Crippen molar-refractivity contribution < 1.29 is 9.18 Å². The molecule has 0 aliphatic rings. The molecule has 106 valence electrons. The maximum absolute atomic E-state index is 12.8. The summed E-state index contributed by atoms with van der Waals surface area (Å²) in [5.74, 6) is -0.505. The summed E-state index contributed by atoms with van der Waals surface area (Å²) in [5.41, 5.74) is 1.76. The van der Waals surface area contributed by atoms with Crippen LogP contribution in [0.5, 0.6) is 0 Å². The molecule has 6 heteroatoms. The van der Waals surface area contributed by atoms with E-state index in [9.17, 15) is 9.18 Å². The summed E-state index contributed by atoms with van der Waals surface area (Å²) < 4.78 is 12.8. The first-order valence-electron chi connectivity index (χ1n) is 6.51. The van der Waals surface area contributed by atoms with Gasteiger partial charge >= 0.3 is 0 Å². The first-order valence-corrected chi connectivity index (χ1v) is 6.51. The minimum absolute atomic E-state index is 0.205. The molecule has 0 fully saturated rings. The molecule has 0 saturated heterocycles. The highest BCUT2D eigenvalue weighted by Crippen LogP contribution is 2.17. The first kappa shape index (κ1) is 14.2. The summed E-state index contributed by atoms with van der Waals surface area (Å²) in [7, 11) is 0. The Labute approximate surface area is 116 Å². The monoisotopic (exact) mass is 276 g/mol. The highest BCUT2D eigenvalue weighted by molar-refractivity contribution is 5.93. The lowest BCUT2D eigenvalue weighted by molar-refractivity contribution is 0.0949. The van der Waals surface area contributed by atoms with Crippen molar-refractivity contribution in [1.82, 2.24) is 20.8 Å². The van der Waals surface area contributed by atoms with Gasteiger partial charge in [0.1, 0.15) is 11.5 Å². The zero-order valence-electron chi connectivity index (χ0n) is 11.2. The number of carbonyl (C=O) groups is 1. The van der Waals surface area contributed by atoms with Crippen LogP contribution in [-0.2, 0) is 0 Å². The van der Waals surface area contributed by atoms with Crippen LogP contribution in [0.1, 0.15) is 17.4 Å². The molecule has 0 atom stereocenters. The number of likely N-dealkylation sites (N-methyl/N-ethyl adjacent to an activating group) is 1. The number of H-pyrrole nitrogens is 1. The minimum Gasteiger partial charge on any atom is -0.349 e. The van der Waals surface area contributed by atoms with Gasteiger partial charge in [-0.15, -0.1) is 0 Å². The zero-order chi connectivity index (χ0) is 14.4. The molecule has 1 heterocycles. The third kappa shape index (κ3) is 3.64. The summed E-state index contributed by atoms with van der Waals surface area (Å²) in [6, 6.07) is 7.62. The fraction of sp³-hybridized carbons (Fsp3) is 0.286. The Morgan fingerprint density at radius 2 is 2.05 bits per heavy atom. The number of amides is 1. The number of halogens is 1. The fourth-order valence-electron chi connectivity index (χ4n) is 1.74. The Balaban J connectivity index is 1.98. The Bertz CT molecular complexity index is 565. The molecule has 5 nitrogen and oxygen atoms in total. The molecule has 2 rings (SSSR count). The number of aromatic amines is 1. The van der Waals surface area contributed by atoms with Crippen LogP contribution in [-0.4, -0.2) is 35.7 Å². The third-order valence-electron chi connectivity index (χ3n) is 2.80. The van der Waals surface area contributed by atoms with Gasteiger partial charge < -0.3 is 10.6 Å². The van der Waals surface area contributed by atoms with E-state index in [1.807, 2.05) is 6.92 Å². The average Bonchev–Trinajstić information content (AvgIpc) is 2.94. The van der Waals surface area contributed by atoms with Gasteiger partial charge in [0.2, 0.25) is 0 Å². The molecule has 0 aliphatic heterocycles. The molecular weight excluding hydrogens is 259 g/mol. The van der Waals surface area contributed by atoms with Gasteiger partial charge in [-0.1, -0.05) is 6.92 Å². The summed E-state index contributed by atoms with van der Waals surface area (Å²) in [5, 5.41) is 12.6. The maximum Gasteiger partial charge on any atom is 0.269 e. The van der Waals surface area contributed by atoms with Crippen molar-refractivity contribution in [2.45, 2.75) is 6.92 Å². The Morgan fingerprint density at radius 3 is 2.75 bits per heavy atom. The quantitative estimate of drug-likeness (QED) is 0.701. The number of aromatic nitrogens is 2. The number of hydrogen-bond donors (Lipinski definition) is 3. The molecule has 1 aromatic carbocycles. The zero-order valence-corrected chi connectivity index (χ0v) is 11.2. The fourth-order valence-corrected chi connectivity index (χ4v) is 1.74. The number of hydrogen-bond acceptors (Lipinski definition) is 3. The molecule has 1 aromatic heterocycles. The van der Waals surface area contributed by atoms with Crippen molar-refractivity contribution in [3.63, 3.8) is 0 Å². The van der Waals surface area contributed by atoms with Crippen LogP contribution in [0.15, 0.2) is 30.3 Å². The number of nitrogens with zero attached hydrogens (tertiary/aromatic N) is 1. The number of nitrogens with one attached hydrogen (secondary N) is 3. The van der Waals surface area contributed by atoms with Crippen LogP contribution in [0.25, 0.3) is 11.3 Å². The SMILES string of the molecule is CCNCCNC(=O)c1cc(-c2ccc(F)cc2)n[nH]1. The van der Waals surface area contributed by atoms with Crippen molar-refractivity contribution >= 4 is 5.91 Å². The molecule has 1 amide bonds. The van der Waals surface area contributed by atoms with Gasteiger partial charge in [0.25, 0.3) is 5.91 Å². The molecule has 20 heavy (non-hydrogen) atoms. The highest BCUT2D eigenvalue weighted by atomic mass is 19.1. The summed E-state index contributed by atoms with van der Waals surface area (Å²) in [6.07, 6.45) is 0. The largest absolute Gasteiger partial charge is 0.349 e. The van der Waals surface area contributed by atoms with Gasteiger partial charge in [0.15, 0.2) is 0 Å². The van der Waals surface area contributed by atoms with E-state index < -0.39 is 0 Å². The molecule has 0 radical (unpaired) electrons. The standard InChI is InChI=1S/C14H17FN4O/c1-2-16-7-8-17-14(20)13-9-12(18-19-13)10-3-5-11(15)6-4-10/h3-6,9,16H,2,7-8H2,1H3,(H,17,20)(H,18,19). The van der Waals surface area contributed by atoms with Gasteiger partial charge in [-0.3, -0.25) is 9.89 Å². The Morgan fingerprint density at radius 1 is 1.30 bits per heavy atom. The van der Waals surface area contributed by atoms with Crippen molar-refractivity contribution in [2.24, 2.45) is 0 Å². The van der Waals surface area contributed by atoms with Crippen molar-refractivity contribution in [3.8, 4) is 11.3 Å². The van der Waals surface area contributed by atoms with Crippen LogP contribution in [0, 0.1) is 5.82 Å². The predicted octanol–water partition coefficient (Wildman–Crippen LogP) is 1.56. The number of benzene rings is 1. The minimum atomic E-state index is -0.300. The van der Waals surface area contributed by atoms with E-state index in [0.717, 1.165) is 18.7 Å². The maximum atomic E-state index is 12.8. The lowest BCUT2D eigenvalue weighted by atomic mass is 10.1. The molecule has 0 aliphatic carbocycles. The third-order valence-corrected chi connectivity index (χ3v) is 2.80. The predicted molar refractivity (Wildman–Crippen MR) is 74.9 cm³/mol. The van der Waals surface area contributed by atoms with E-state index in [4.69, 9.17) is 0 Å². The number of rotatable bonds is 6. The second kappa shape index (κ2) is 6.81. The van der Waals surface area contributed by atoms with Crippen molar-refractivity contribution in [3.05, 3.63) is 41.8 Å². The molecule has 2 aromatic rings. The van der Waals surface area contributed by atoms with Crippen LogP contribution in [0.2, 0.25) is 0 Å². The Kier molecular flexibility index (Phi) is 4.84. The van der Waals surface area contributed by atoms with Gasteiger partial charge in [-0.05, 0) is 36.9 Å². The van der Waals surface area contributed by atoms with Crippen molar-refractivity contribution in [1.29, 1.82) is 0 Å². The lowest BCUT2D eigenvalue weighted by Gasteiger charge is -2.03. The molecule has 0 spiro atoms. The summed E-state index contributed by atoms with van der Waals surface area (Å²) >= 11 is 0. The lowest BCUT2D eigenvalue weighted by Crippen LogP contribution is -2.31. The van der Waals surface area contributed by atoms with Crippen molar-refractivity contribution in [2.75, 3.05) is 19.6 Å². The van der Waals surface area contributed by atoms with Crippen LogP contribution in [0.4, 0.5) is 4.39 Å². The normalized spacial score (nSPS) is 10.5. The van der Waals surface area contributed by atoms with Gasteiger partial charge in [0.05, 0.1) is 5.69 Å². The molecular formula is C14H17FN4O. The van der Waals surface area contributed by atoms with Gasteiger partial charge in [0, 0.05) is 18.7 Å². The van der Waals surface area contributed by atoms with E-state index in [1.54, 1.807) is 18.2 Å². The second-order valence-electron chi connectivity index (χ2n) is 4.28. The smallest absolute Gasteiger partial charge is 0.269 e. The molecule has 3 N–H and O–H groups in total. The molecule has 0 bridgehead atoms. The molecule has 0 unspecified atom stereocenters. The van der Waals surface area contributed by atoms with Gasteiger partial charge in [-0.2, -0.15) is 5.10 Å². The summed E-state index contributed by atoms with van der Waals surface area (Å²) in [4.78, 5) is 11.8. The highest BCUT2D eigenvalue weighted by Gasteiger charge is 2.10. The van der Waals surface area contributed by atoms with E-state index in [1.165, 1.54) is 12.1 Å². The van der Waals surface area contributed by atoms with E-state index in [2.05, 4.69) is 20.8 Å². The van der Waals surface area contributed by atoms with Crippen LogP contribution < -0.4 is 10.6 Å². The summed E-state index contributed by atoms with van der Waals surface area (Å²) in [6.45, 7) is 4.15. The number of carbonyl (C=O) groups excluding carboxylic acids is 1. The van der Waals surface area contributed by atoms with Crippen LogP contribution >= 0.6 is 0 Å². The molecule has 0 saturated carbocycles. The topological polar surface area (TPSA) is 69.8 Å². The van der Waals surface area contributed by atoms with E-state index in [0.29, 0.717) is 17.9 Å².